The Morgan fingerprint density at radius 3 is 2.42 bits per heavy atom. The number of anilines is 1. The number of para-hydroxylation sites is 1. The highest BCUT2D eigenvalue weighted by molar-refractivity contribution is 6.06. The summed E-state index contributed by atoms with van der Waals surface area (Å²) in [5.74, 6) is -0.575. The number of hydrogen-bond acceptors (Lipinski definition) is 8. The Morgan fingerprint density at radius 2 is 1.65 bits per heavy atom. The van der Waals surface area contributed by atoms with Crippen molar-refractivity contribution < 1.29 is 27.8 Å². The first-order chi connectivity index (χ1) is 25.3. The molecular formula is C40H37F2N5O5. The Kier molecular flexibility index (Phi) is 10.1. The van der Waals surface area contributed by atoms with Crippen molar-refractivity contribution >= 4 is 33.4 Å². The second kappa shape index (κ2) is 15.2. The SMILES string of the molecule is COc1cc2c(Oc3ccc(NC(=O)c4cn(-c5ccc(F)cc5)c5ccccc5c4=O)cc3F)ccnc2cc1OCCCN1CCN(C)CC1. The van der Waals surface area contributed by atoms with Crippen LogP contribution in [0.1, 0.15) is 16.8 Å². The summed E-state index contributed by atoms with van der Waals surface area (Å²) < 4.78 is 48.5. The molecule has 0 bridgehead atoms. The molecule has 0 aliphatic carbocycles. The number of rotatable bonds is 11. The number of halogens is 2. The summed E-state index contributed by atoms with van der Waals surface area (Å²) in [6, 6.07) is 21.6. The first kappa shape index (κ1) is 34.6. The molecule has 12 heteroatoms. The molecule has 0 spiro atoms. The highest BCUT2D eigenvalue weighted by Crippen LogP contribution is 2.38. The molecule has 0 radical (unpaired) electrons. The molecule has 0 saturated carbocycles. The van der Waals surface area contributed by atoms with Crippen molar-refractivity contribution in [2.75, 3.05) is 58.8 Å². The number of carbonyl (C=O) groups is 1. The van der Waals surface area contributed by atoms with Crippen LogP contribution in [0.2, 0.25) is 0 Å². The number of nitrogens with one attached hydrogen (secondary N) is 1. The van der Waals surface area contributed by atoms with Crippen molar-refractivity contribution in [1.29, 1.82) is 0 Å². The molecule has 7 rings (SSSR count). The molecule has 266 valence electrons. The van der Waals surface area contributed by atoms with E-state index < -0.39 is 23.0 Å². The Bertz CT molecular complexity index is 2310. The Balaban J connectivity index is 1.07. The molecule has 3 heterocycles. The first-order valence-electron chi connectivity index (χ1n) is 17.0. The van der Waals surface area contributed by atoms with Crippen molar-refractivity contribution in [3.05, 3.63) is 125 Å². The fourth-order valence-electron chi connectivity index (χ4n) is 6.26. The molecule has 0 unspecified atom stereocenters. The number of piperazine rings is 1. The lowest BCUT2D eigenvalue weighted by atomic mass is 10.1. The van der Waals surface area contributed by atoms with Gasteiger partial charge in [-0.3, -0.25) is 14.6 Å². The number of ether oxygens (including phenoxy) is 3. The second-order valence-electron chi connectivity index (χ2n) is 12.6. The number of benzene rings is 4. The fourth-order valence-corrected chi connectivity index (χ4v) is 6.26. The molecular weight excluding hydrogens is 668 g/mol. The van der Waals surface area contributed by atoms with E-state index in [1.54, 1.807) is 72.5 Å². The summed E-state index contributed by atoms with van der Waals surface area (Å²) in [7, 11) is 3.69. The summed E-state index contributed by atoms with van der Waals surface area (Å²) in [5, 5.41) is 3.52. The zero-order valence-corrected chi connectivity index (χ0v) is 28.8. The predicted molar refractivity (Wildman–Crippen MR) is 196 cm³/mol. The van der Waals surface area contributed by atoms with Crippen molar-refractivity contribution in [3.63, 3.8) is 0 Å². The van der Waals surface area contributed by atoms with Crippen molar-refractivity contribution in [2.45, 2.75) is 6.42 Å². The summed E-state index contributed by atoms with van der Waals surface area (Å²) in [6.07, 6.45) is 3.83. The quantitative estimate of drug-likeness (QED) is 0.146. The van der Waals surface area contributed by atoms with Crippen LogP contribution < -0.4 is 25.0 Å². The number of amides is 1. The lowest BCUT2D eigenvalue weighted by Gasteiger charge is -2.32. The average molecular weight is 706 g/mol. The van der Waals surface area contributed by atoms with Gasteiger partial charge in [-0.15, -0.1) is 0 Å². The molecule has 1 fully saturated rings. The molecule has 0 atom stereocenters. The fraction of sp³-hybridized carbons (Fsp3) is 0.225. The van der Waals surface area contributed by atoms with Crippen molar-refractivity contribution in [3.8, 4) is 28.7 Å². The van der Waals surface area contributed by atoms with Gasteiger partial charge in [0.05, 0.1) is 24.8 Å². The van der Waals surface area contributed by atoms with Crippen LogP contribution in [0.5, 0.6) is 23.0 Å². The molecule has 1 aliphatic rings. The highest BCUT2D eigenvalue weighted by Gasteiger charge is 2.19. The van der Waals surface area contributed by atoms with Gasteiger partial charge in [0.2, 0.25) is 5.43 Å². The minimum atomic E-state index is -0.739. The van der Waals surface area contributed by atoms with Crippen LogP contribution in [0, 0.1) is 11.6 Å². The van der Waals surface area contributed by atoms with Gasteiger partial charge in [0, 0.05) is 79.4 Å². The molecule has 4 aromatic carbocycles. The van der Waals surface area contributed by atoms with Gasteiger partial charge in [0.25, 0.3) is 5.91 Å². The van der Waals surface area contributed by atoms with Gasteiger partial charge in [0.15, 0.2) is 23.1 Å². The number of methoxy groups -OCH3 is 1. The van der Waals surface area contributed by atoms with Crippen molar-refractivity contribution in [1.82, 2.24) is 19.4 Å². The van der Waals surface area contributed by atoms with E-state index in [1.807, 2.05) is 0 Å². The summed E-state index contributed by atoms with van der Waals surface area (Å²) in [5.41, 5.74) is 1.14. The molecule has 2 aromatic heterocycles. The Hall–Kier alpha value is -5.85. The van der Waals surface area contributed by atoms with Gasteiger partial charge in [-0.25, -0.2) is 8.78 Å². The summed E-state index contributed by atoms with van der Waals surface area (Å²) >= 11 is 0. The highest BCUT2D eigenvalue weighted by atomic mass is 19.1. The average Bonchev–Trinajstić information content (AvgIpc) is 3.15. The van der Waals surface area contributed by atoms with Gasteiger partial charge in [-0.1, -0.05) is 12.1 Å². The number of pyridine rings is 2. The third kappa shape index (κ3) is 7.43. The van der Waals surface area contributed by atoms with E-state index in [-0.39, 0.29) is 17.0 Å². The number of carbonyl (C=O) groups excluding carboxylic acids is 1. The third-order valence-corrected chi connectivity index (χ3v) is 9.13. The zero-order chi connectivity index (χ0) is 36.2. The van der Waals surface area contributed by atoms with E-state index in [1.165, 1.54) is 30.5 Å². The van der Waals surface area contributed by atoms with E-state index in [4.69, 9.17) is 14.2 Å². The van der Waals surface area contributed by atoms with Crippen LogP contribution >= 0.6 is 0 Å². The Labute approximate surface area is 298 Å². The van der Waals surface area contributed by atoms with Crippen LogP contribution in [-0.2, 0) is 0 Å². The predicted octanol–water partition coefficient (Wildman–Crippen LogP) is 6.89. The maximum Gasteiger partial charge on any atom is 0.261 e. The maximum absolute atomic E-state index is 15.5. The molecule has 52 heavy (non-hydrogen) atoms. The minimum absolute atomic E-state index is 0.0851. The smallest absolute Gasteiger partial charge is 0.261 e. The third-order valence-electron chi connectivity index (χ3n) is 9.13. The number of hydrogen-bond donors (Lipinski definition) is 1. The largest absolute Gasteiger partial charge is 0.493 e. The molecule has 1 amide bonds. The number of likely N-dealkylation sites (N-methyl/N-ethyl adjacent to an activating group) is 1. The normalized spacial score (nSPS) is 13.7. The van der Waals surface area contributed by atoms with E-state index in [0.29, 0.717) is 51.3 Å². The van der Waals surface area contributed by atoms with Crippen LogP contribution in [-0.4, -0.2) is 78.7 Å². The van der Waals surface area contributed by atoms with Gasteiger partial charge < -0.3 is 33.9 Å². The van der Waals surface area contributed by atoms with Crippen LogP contribution in [0.4, 0.5) is 14.5 Å². The van der Waals surface area contributed by atoms with Crippen molar-refractivity contribution in [2.24, 2.45) is 0 Å². The number of nitrogens with zero attached hydrogens (tertiary/aromatic N) is 4. The molecule has 10 nitrogen and oxygen atoms in total. The van der Waals surface area contributed by atoms with Gasteiger partial charge in [-0.05, 0) is 74.1 Å². The second-order valence-corrected chi connectivity index (χ2v) is 12.6. The lowest BCUT2D eigenvalue weighted by Crippen LogP contribution is -2.44. The summed E-state index contributed by atoms with van der Waals surface area (Å²) in [4.78, 5) is 36.0. The maximum atomic E-state index is 15.5. The standard InChI is InChI=1S/C40H37F2N5O5/c1-45-17-19-46(20-18-45)16-5-21-51-38-24-33-30(23-37(38)50-2)35(14-15-43-33)52-36-13-10-27(22-32(36)42)44-40(49)31-25-47(28-11-8-26(41)9-12-28)34-7-4-3-6-29(34)39(31)48/h3-4,6-15,22-25H,5,16-21H2,1-2H3,(H,44,49). The van der Waals surface area contributed by atoms with Gasteiger partial charge in [-0.2, -0.15) is 0 Å². The van der Waals surface area contributed by atoms with E-state index in [9.17, 15) is 14.0 Å². The monoisotopic (exact) mass is 705 g/mol. The van der Waals surface area contributed by atoms with Gasteiger partial charge >= 0.3 is 0 Å². The topological polar surface area (TPSA) is 98.2 Å². The Morgan fingerprint density at radius 1 is 0.865 bits per heavy atom. The lowest BCUT2D eigenvalue weighted by molar-refractivity contribution is 0.102. The number of fused-ring (bicyclic) bond motifs is 2. The molecule has 6 aromatic rings. The van der Waals surface area contributed by atoms with E-state index >= 15 is 4.39 Å². The first-order valence-corrected chi connectivity index (χ1v) is 17.0. The minimum Gasteiger partial charge on any atom is -0.493 e. The molecule has 1 N–H and O–H groups in total. The van der Waals surface area contributed by atoms with E-state index in [0.717, 1.165) is 45.2 Å². The molecule has 1 aliphatic heterocycles. The molecule has 1 saturated heterocycles. The van der Waals surface area contributed by atoms with Crippen LogP contribution in [0.3, 0.4) is 0 Å². The number of aromatic nitrogens is 2. The van der Waals surface area contributed by atoms with Crippen LogP contribution in [0.25, 0.3) is 27.5 Å². The van der Waals surface area contributed by atoms with E-state index in [2.05, 4.69) is 27.1 Å². The van der Waals surface area contributed by atoms with Crippen LogP contribution in [0.15, 0.2) is 102 Å². The zero-order valence-electron chi connectivity index (χ0n) is 28.8. The summed E-state index contributed by atoms with van der Waals surface area (Å²) in [6.45, 7) is 5.70. The van der Waals surface area contributed by atoms with Gasteiger partial charge in [0.1, 0.15) is 17.1 Å².